The molecule has 1 atom stereocenters. The second kappa shape index (κ2) is 6.13. The van der Waals surface area contributed by atoms with Crippen molar-refractivity contribution in [2.24, 2.45) is 0 Å². The van der Waals surface area contributed by atoms with E-state index in [0.29, 0.717) is 6.07 Å². The lowest BCUT2D eigenvalue weighted by Crippen LogP contribution is -2.27. The minimum Gasteiger partial charge on any atom is -0.345 e. The molecule has 1 amide bonds. The summed E-state index contributed by atoms with van der Waals surface area (Å²) in [4.78, 5) is 12.0. The minimum atomic E-state index is -0.871. The third kappa shape index (κ3) is 3.42. The molecule has 0 fully saturated rings. The first-order chi connectivity index (χ1) is 9.47. The Labute approximate surface area is 123 Å². The molecule has 2 nitrogen and oxygen atoms in total. The van der Waals surface area contributed by atoms with Crippen molar-refractivity contribution < 1.29 is 13.6 Å². The summed E-state index contributed by atoms with van der Waals surface area (Å²) in [5, 5.41) is 2.68. The molecule has 20 heavy (non-hydrogen) atoms. The smallest absolute Gasteiger partial charge is 0.254 e. The van der Waals surface area contributed by atoms with E-state index in [2.05, 4.69) is 21.2 Å². The zero-order valence-electron chi connectivity index (χ0n) is 10.7. The third-order valence-corrected chi connectivity index (χ3v) is 3.37. The third-order valence-electron chi connectivity index (χ3n) is 2.87. The largest absolute Gasteiger partial charge is 0.345 e. The number of rotatable bonds is 3. The fourth-order valence-corrected chi connectivity index (χ4v) is 2.22. The molecule has 0 unspecified atom stereocenters. The SMILES string of the molecule is C[C@@H](NC(=O)c1ccc(F)cc1F)c1cccc(Br)c1. The lowest BCUT2D eigenvalue weighted by Gasteiger charge is -2.15. The van der Waals surface area contributed by atoms with Crippen LogP contribution >= 0.6 is 15.9 Å². The number of nitrogens with one attached hydrogen (secondary N) is 1. The van der Waals surface area contributed by atoms with Gasteiger partial charge in [0.05, 0.1) is 11.6 Å². The van der Waals surface area contributed by atoms with Crippen molar-refractivity contribution in [3.05, 3.63) is 69.7 Å². The molecule has 2 rings (SSSR count). The van der Waals surface area contributed by atoms with Gasteiger partial charge >= 0.3 is 0 Å². The molecule has 5 heteroatoms. The first-order valence-electron chi connectivity index (χ1n) is 5.99. The summed E-state index contributed by atoms with van der Waals surface area (Å²) >= 11 is 3.35. The van der Waals surface area contributed by atoms with E-state index >= 15 is 0 Å². The Morgan fingerprint density at radius 1 is 1.20 bits per heavy atom. The topological polar surface area (TPSA) is 29.1 Å². The molecule has 0 aliphatic rings. The first-order valence-corrected chi connectivity index (χ1v) is 6.78. The van der Waals surface area contributed by atoms with Gasteiger partial charge in [0.2, 0.25) is 0 Å². The number of halogens is 3. The van der Waals surface area contributed by atoms with Crippen LogP contribution in [-0.2, 0) is 0 Å². The number of hydrogen-bond acceptors (Lipinski definition) is 1. The van der Waals surface area contributed by atoms with Crippen molar-refractivity contribution in [1.82, 2.24) is 5.32 Å². The Balaban J connectivity index is 2.15. The Kier molecular flexibility index (Phi) is 4.49. The average Bonchev–Trinajstić information content (AvgIpc) is 2.38. The predicted octanol–water partition coefficient (Wildman–Crippen LogP) is 4.22. The predicted molar refractivity (Wildman–Crippen MR) is 76.4 cm³/mol. The zero-order valence-corrected chi connectivity index (χ0v) is 12.2. The van der Waals surface area contributed by atoms with E-state index in [1.165, 1.54) is 0 Å². The van der Waals surface area contributed by atoms with Gasteiger partial charge in [0.25, 0.3) is 5.91 Å². The van der Waals surface area contributed by atoms with Gasteiger partial charge < -0.3 is 5.32 Å². The van der Waals surface area contributed by atoms with Gasteiger partial charge in [0, 0.05) is 10.5 Å². The molecule has 0 aromatic heterocycles. The summed E-state index contributed by atoms with van der Waals surface area (Å²) in [5.41, 5.74) is 0.712. The highest BCUT2D eigenvalue weighted by molar-refractivity contribution is 9.10. The van der Waals surface area contributed by atoms with Gasteiger partial charge in [-0.3, -0.25) is 4.79 Å². The standard InChI is InChI=1S/C15H12BrF2NO/c1-9(10-3-2-4-11(16)7-10)19-15(20)13-6-5-12(17)8-14(13)18/h2-9H,1H3,(H,19,20)/t9-/m1/s1. The minimum absolute atomic E-state index is 0.173. The Morgan fingerprint density at radius 2 is 1.95 bits per heavy atom. The molecular formula is C15H12BrF2NO. The Morgan fingerprint density at radius 3 is 2.60 bits per heavy atom. The second-order valence-electron chi connectivity index (χ2n) is 4.37. The highest BCUT2D eigenvalue weighted by atomic mass is 79.9. The van der Waals surface area contributed by atoms with Crippen molar-refractivity contribution >= 4 is 21.8 Å². The van der Waals surface area contributed by atoms with Crippen LogP contribution in [0.5, 0.6) is 0 Å². The van der Waals surface area contributed by atoms with E-state index in [1.54, 1.807) is 6.92 Å². The van der Waals surface area contributed by atoms with Crippen molar-refractivity contribution in [2.45, 2.75) is 13.0 Å². The summed E-state index contributed by atoms with van der Waals surface area (Å²) in [7, 11) is 0. The van der Waals surface area contributed by atoms with Gasteiger partial charge in [-0.15, -0.1) is 0 Å². The maximum atomic E-state index is 13.5. The van der Waals surface area contributed by atoms with Crippen LogP contribution < -0.4 is 5.32 Å². The first kappa shape index (κ1) is 14.7. The van der Waals surface area contributed by atoms with Crippen molar-refractivity contribution in [2.75, 3.05) is 0 Å². The summed E-state index contributed by atoms with van der Waals surface area (Å²) < 4.78 is 27.2. The summed E-state index contributed by atoms with van der Waals surface area (Å²) in [5.74, 6) is -2.15. The van der Waals surface area contributed by atoms with E-state index in [0.717, 1.165) is 22.2 Å². The second-order valence-corrected chi connectivity index (χ2v) is 5.29. The van der Waals surface area contributed by atoms with Gasteiger partial charge in [0.15, 0.2) is 0 Å². The fourth-order valence-electron chi connectivity index (χ4n) is 1.81. The number of benzene rings is 2. The summed E-state index contributed by atoms with van der Waals surface area (Å²) in [6.07, 6.45) is 0. The highest BCUT2D eigenvalue weighted by Gasteiger charge is 2.15. The van der Waals surface area contributed by atoms with E-state index in [9.17, 15) is 13.6 Å². The molecule has 0 saturated carbocycles. The van der Waals surface area contributed by atoms with E-state index in [-0.39, 0.29) is 11.6 Å². The average molecular weight is 340 g/mol. The van der Waals surface area contributed by atoms with Crippen LogP contribution in [0.25, 0.3) is 0 Å². The molecule has 0 aliphatic carbocycles. The number of carbonyl (C=O) groups excluding carboxylic acids is 1. The maximum absolute atomic E-state index is 13.5. The molecule has 0 bridgehead atoms. The lowest BCUT2D eigenvalue weighted by atomic mass is 10.1. The van der Waals surface area contributed by atoms with Crippen LogP contribution in [-0.4, -0.2) is 5.91 Å². The van der Waals surface area contributed by atoms with Crippen LogP contribution in [0.4, 0.5) is 8.78 Å². The summed E-state index contributed by atoms with van der Waals surface area (Å²) in [6.45, 7) is 1.79. The van der Waals surface area contributed by atoms with Crippen molar-refractivity contribution in [3.8, 4) is 0 Å². The molecule has 1 N–H and O–H groups in total. The Bertz CT molecular complexity index is 646. The van der Waals surface area contributed by atoms with Crippen LogP contribution in [0, 0.1) is 11.6 Å². The molecule has 104 valence electrons. The fraction of sp³-hybridized carbons (Fsp3) is 0.133. The van der Waals surface area contributed by atoms with E-state index in [4.69, 9.17) is 0 Å². The molecule has 2 aromatic carbocycles. The number of carbonyl (C=O) groups is 1. The van der Waals surface area contributed by atoms with E-state index in [1.807, 2.05) is 24.3 Å². The normalized spacial score (nSPS) is 12.0. The van der Waals surface area contributed by atoms with Crippen LogP contribution in [0.15, 0.2) is 46.9 Å². The number of amides is 1. The quantitative estimate of drug-likeness (QED) is 0.891. The monoisotopic (exact) mass is 339 g/mol. The molecule has 0 aliphatic heterocycles. The molecular weight excluding hydrogens is 328 g/mol. The lowest BCUT2D eigenvalue weighted by molar-refractivity contribution is 0.0935. The van der Waals surface area contributed by atoms with Gasteiger partial charge in [-0.1, -0.05) is 28.1 Å². The van der Waals surface area contributed by atoms with Gasteiger partial charge in [-0.25, -0.2) is 8.78 Å². The van der Waals surface area contributed by atoms with Gasteiger partial charge in [-0.05, 0) is 36.8 Å². The maximum Gasteiger partial charge on any atom is 0.254 e. The highest BCUT2D eigenvalue weighted by Crippen LogP contribution is 2.19. The van der Waals surface area contributed by atoms with Crippen molar-refractivity contribution in [1.29, 1.82) is 0 Å². The van der Waals surface area contributed by atoms with Gasteiger partial charge in [-0.2, -0.15) is 0 Å². The molecule has 2 aromatic rings. The van der Waals surface area contributed by atoms with Crippen LogP contribution in [0.1, 0.15) is 28.9 Å². The Hall–Kier alpha value is -1.75. The van der Waals surface area contributed by atoms with E-state index < -0.39 is 17.5 Å². The molecule has 0 heterocycles. The summed E-state index contributed by atoms with van der Waals surface area (Å²) in [6, 6.07) is 10.0. The molecule has 0 spiro atoms. The molecule has 0 radical (unpaired) electrons. The van der Waals surface area contributed by atoms with Gasteiger partial charge in [0.1, 0.15) is 11.6 Å². The van der Waals surface area contributed by atoms with Crippen LogP contribution in [0.2, 0.25) is 0 Å². The zero-order chi connectivity index (χ0) is 14.7. The van der Waals surface area contributed by atoms with Crippen molar-refractivity contribution in [3.63, 3.8) is 0 Å². The van der Waals surface area contributed by atoms with Crippen LogP contribution in [0.3, 0.4) is 0 Å². The molecule has 0 saturated heterocycles. The number of hydrogen-bond donors (Lipinski definition) is 1.